The van der Waals surface area contributed by atoms with Gasteiger partial charge in [0.1, 0.15) is 11.5 Å². The van der Waals surface area contributed by atoms with Crippen LogP contribution in [-0.2, 0) is 10.3 Å². The molecule has 0 aliphatic heterocycles. The first kappa shape index (κ1) is 19.0. The van der Waals surface area contributed by atoms with Crippen LogP contribution in [0, 0.1) is 0 Å². The van der Waals surface area contributed by atoms with E-state index in [1.165, 1.54) is 0 Å². The first-order valence-electron chi connectivity index (χ1n) is 8.94. The molecule has 2 N–H and O–H groups in total. The van der Waals surface area contributed by atoms with Crippen LogP contribution in [0.5, 0.6) is 11.5 Å². The standard InChI is InChI=1S/C23H25NO3/c1-25-21-14-8-6-12-19(21)23(27-17-16-24,18-10-4-3-5-11-18)20-13-7-9-15-22(20)26-2/h3-15H,16-17,24H2,1-2H3. The molecule has 0 fully saturated rings. The van der Waals surface area contributed by atoms with Gasteiger partial charge in [-0.25, -0.2) is 0 Å². The Labute approximate surface area is 160 Å². The summed E-state index contributed by atoms with van der Waals surface area (Å²) in [5.41, 5.74) is 7.69. The molecule has 0 unspecified atom stereocenters. The Morgan fingerprint density at radius 2 is 1.19 bits per heavy atom. The molecule has 0 atom stereocenters. The number of rotatable bonds is 8. The van der Waals surface area contributed by atoms with Crippen molar-refractivity contribution in [1.29, 1.82) is 0 Å². The van der Waals surface area contributed by atoms with Crippen molar-refractivity contribution in [3.05, 3.63) is 95.6 Å². The SMILES string of the molecule is COc1ccccc1C(OCCN)(c1ccccc1)c1ccccc1OC. The zero-order valence-corrected chi connectivity index (χ0v) is 15.7. The summed E-state index contributed by atoms with van der Waals surface area (Å²) in [6.07, 6.45) is 0. The van der Waals surface area contributed by atoms with Gasteiger partial charge in [0.05, 0.1) is 20.8 Å². The van der Waals surface area contributed by atoms with E-state index in [1.54, 1.807) is 14.2 Å². The van der Waals surface area contributed by atoms with Crippen molar-refractivity contribution in [1.82, 2.24) is 0 Å². The van der Waals surface area contributed by atoms with E-state index in [1.807, 2.05) is 66.7 Å². The molecule has 0 saturated carbocycles. The molecule has 0 amide bonds. The van der Waals surface area contributed by atoms with Gasteiger partial charge < -0.3 is 19.9 Å². The van der Waals surface area contributed by atoms with Gasteiger partial charge in [0.25, 0.3) is 0 Å². The molecule has 0 aromatic heterocycles. The predicted molar refractivity (Wildman–Crippen MR) is 107 cm³/mol. The molecule has 0 aliphatic carbocycles. The quantitative estimate of drug-likeness (QED) is 0.615. The van der Waals surface area contributed by atoms with E-state index < -0.39 is 5.60 Å². The molecule has 4 heteroatoms. The van der Waals surface area contributed by atoms with Crippen LogP contribution < -0.4 is 15.2 Å². The highest BCUT2D eigenvalue weighted by atomic mass is 16.5. The molecule has 3 aromatic rings. The monoisotopic (exact) mass is 363 g/mol. The van der Waals surface area contributed by atoms with Gasteiger partial charge >= 0.3 is 0 Å². The zero-order chi connectivity index (χ0) is 19.1. The van der Waals surface area contributed by atoms with Crippen LogP contribution in [-0.4, -0.2) is 27.4 Å². The first-order chi connectivity index (χ1) is 13.3. The summed E-state index contributed by atoms with van der Waals surface area (Å²) in [5.74, 6) is 1.48. The highest BCUT2D eigenvalue weighted by Gasteiger charge is 2.41. The van der Waals surface area contributed by atoms with Crippen LogP contribution in [0.25, 0.3) is 0 Å². The normalized spacial score (nSPS) is 11.2. The second kappa shape index (κ2) is 8.71. The van der Waals surface area contributed by atoms with Crippen LogP contribution >= 0.6 is 0 Å². The van der Waals surface area contributed by atoms with Crippen molar-refractivity contribution in [3.8, 4) is 11.5 Å². The van der Waals surface area contributed by atoms with Crippen molar-refractivity contribution in [2.24, 2.45) is 5.73 Å². The van der Waals surface area contributed by atoms with Gasteiger partial charge in [-0.3, -0.25) is 0 Å². The fourth-order valence-corrected chi connectivity index (χ4v) is 3.45. The predicted octanol–water partition coefficient (Wildman–Crippen LogP) is 3.97. The molecule has 0 heterocycles. The summed E-state index contributed by atoms with van der Waals surface area (Å²) < 4.78 is 17.9. The van der Waals surface area contributed by atoms with E-state index in [2.05, 4.69) is 12.1 Å². The number of hydrogen-bond donors (Lipinski definition) is 1. The fraction of sp³-hybridized carbons (Fsp3) is 0.217. The fourth-order valence-electron chi connectivity index (χ4n) is 3.45. The Bertz CT molecular complexity index is 817. The van der Waals surface area contributed by atoms with Crippen molar-refractivity contribution in [3.63, 3.8) is 0 Å². The highest BCUT2D eigenvalue weighted by Crippen LogP contribution is 2.47. The minimum atomic E-state index is -0.917. The number of ether oxygens (including phenoxy) is 3. The number of hydrogen-bond acceptors (Lipinski definition) is 4. The Kier molecular flexibility index (Phi) is 6.12. The Hall–Kier alpha value is -2.82. The maximum atomic E-state index is 6.54. The molecule has 0 spiro atoms. The van der Waals surface area contributed by atoms with Crippen molar-refractivity contribution in [2.75, 3.05) is 27.4 Å². The molecule has 0 bridgehead atoms. The number of nitrogens with two attached hydrogens (primary N) is 1. The summed E-state index contributed by atoms with van der Waals surface area (Å²) >= 11 is 0. The number of methoxy groups -OCH3 is 2. The molecule has 0 aliphatic rings. The minimum absolute atomic E-state index is 0.380. The Morgan fingerprint density at radius 1 is 0.704 bits per heavy atom. The molecule has 0 radical (unpaired) electrons. The summed E-state index contributed by atoms with van der Waals surface area (Å²) in [6, 6.07) is 25.9. The maximum Gasteiger partial charge on any atom is 0.150 e. The van der Waals surface area contributed by atoms with E-state index in [0.29, 0.717) is 13.2 Å². The van der Waals surface area contributed by atoms with Gasteiger partial charge in [0, 0.05) is 17.7 Å². The molecule has 3 rings (SSSR count). The van der Waals surface area contributed by atoms with E-state index >= 15 is 0 Å². The number of benzene rings is 3. The van der Waals surface area contributed by atoms with Crippen LogP contribution in [0.4, 0.5) is 0 Å². The zero-order valence-electron chi connectivity index (χ0n) is 15.7. The second-order valence-electron chi connectivity index (χ2n) is 6.08. The van der Waals surface area contributed by atoms with Crippen molar-refractivity contribution in [2.45, 2.75) is 5.60 Å². The van der Waals surface area contributed by atoms with Crippen LogP contribution in [0.1, 0.15) is 16.7 Å². The summed E-state index contributed by atoms with van der Waals surface area (Å²) in [7, 11) is 3.33. The van der Waals surface area contributed by atoms with Crippen LogP contribution in [0.15, 0.2) is 78.9 Å². The molecule has 140 valence electrons. The highest BCUT2D eigenvalue weighted by molar-refractivity contribution is 5.56. The van der Waals surface area contributed by atoms with Gasteiger partial charge in [-0.2, -0.15) is 0 Å². The molecule has 0 saturated heterocycles. The van der Waals surface area contributed by atoms with Gasteiger partial charge in [-0.1, -0.05) is 66.7 Å². The topological polar surface area (TPSA) is 53.7 Å². The molecule has 3 aromatic carbocycles. The lowest BCUT2D eigenvalue weighted by Crippen LogP contribution is -2.35. The Morgan fingerprint density at radius 3 is 1.67 bits per heavy atom. The third-order valence-electron chi connectivity index (χ3n) is 4.59. The lowest BCUT2D eigenvalue weighted by Gasteiger charge is -2.37. The van der Waals surface area contributed by atoms with E-state index in [4.69, 9.17) is 19.9 Å². The maximum absolute atomic E-state index is 6.54. The summed E-state index contributed by atoms with van der Waals surface area (Å²) in [4.78, 5) is 0. The lowest BCUT2D eigenvalue weighted by molar-refractivity contribution is 0.0147. The Balaban J connectivity index is 2.39. The summed E-state index contributed by atoms with van der Waals surface area (Å²) in [5, 5.41) is 0. The lowest BCUT2D eigenvalue weighted by atomic mass is 9.79. The molecule has 4 nitrogen and oxygen atoms in total. The van der Waals surface area contributed by atoms with E-state index in [0.717, 1.165) is 28.2 Å². The third-order valence-corrected chi connectivity index (χ3v) is 4.59. The van der Waals surface area contributed by atoms with Gasteiger partial charge in [-0.05, 0) is 17.7 Å². The van der Waals surface area contributed by atoms with Crippen LogP contribution in [0.3, 0.4) is 0 Å². The van der Waals surface area contributed by atoms with E-state index in [-0.39, 0.29) is 0 Å². The van der Waals surface area contributed by atoms with Crippen molar-refractivity contribution < 1.29 is 14.2 Å². The minimum Gasteiger partial charge on any atom is -0.496 e. The first-order valence-corrected chi connectivity index (χ1v) is 8.94. The third kappa shape index (κ3) is 3.54. The largest absolute Gasteiger partial charge is 0.496 e. The van der Waals surface area contributed by atoms with E-state index in [9.17, 15) is 0 Å². The molecular formula is C23H25NO3. The summed E-state index contributed by atoms with van der Waals surface area (Å²) in [6.45, 7) is 0.782. The van der Waals surface area contributed by atoms with Crippen molar-refractivity contribution >= 4 is 0 Å². The van der Waals surface area contributed by atoms with Gasteiger partial charge in [0.15, 0.2) is 5.60 Å². The van der Waals surface area contributed by atoms with Crippen LogP contribution in [0.2, 0.25) is 0 Å². The van der Waals surface area contributed by atoms with Gasteiger partial charge in [-0.15, -0.1) is 0 Å². The smallest absolute Gasteiger partial charge is 0.150 e. The second-order valence-corrected chi connectivity index (χ2v) is 6.08. The average Bonchev–Trinajstić information content (AvgIpc) is 2.75. The number of para-hydroxylation sites is 2. The average molecular weight is 363 g/mol. The molecular weight excluding hydrogens is 338 g/mol. The molecule has 27 heavy (non-hydrogen) atoms. The van der Waals surface area contributed by atoms with Gasteiger partial charge in [0.2, 0.25) is 0 Å².